The van der Waals surface area contributed by atoms with E-state index in [-0.39, 0.29) is 29.3 Å². The fourth-order valence-electron chi connectivity index (χ4n) is 3.18. The fraction of sp³-hybridized carbons (Fsp3) is 0.588. The first kappa shape index (κ1) is 21.1. The first-order valence-electron chi connectivity index (χ1n) is 8.68. The zero-order chi connectivity index (χ0) is 17.9. The highest BCUT2D eigenvalue weighted by Crippen LogP contribution is 2.22. The van der Waals surface area contributed by atoms with E-state index in [9.17, 15) is 13.2 Å². The number of carbonyl (C=O) groups excluding carboxylic acids is 1. The van der Waals surface area contributed by atoms with E-state index in [1.54, 1.807) is 19.1 Å². The predicted octanol–water partition coefficient (Wildman–Crippen LogP) is 0.920. The molecule has 1 aromatic carbocycles. The monoisotopic (exact) mass is 403 g/mol. The summed E-state index contributed by atoms with van der Waals surface area (Å²) in [6.07, 6.45) is 1.77. The van der Waals surface area contributed by atoms with Gasteiger partial charge < -0.3 is 15.4 Å². The molecule has 0 spiro atoms. The van der Waals surface area contributed by atoms with Crippen molar-refractivity contribution in [3.63, 3.8) is 0 Å². The largest absolute Gasteiger partial charge is 0.379 e. The molecule has 3 rings (SSSR count). The van der Waals surface area contributed by atoms with Crippen LogP contribution >= 0.6 is 12.4 Å². The van der Waals surface area contributed by atoms with E-state index in [1.807, 2.05) is 0 Å². The lowest BCUT2D eigenvalue weighted by Gasteiger charge is -2.27. The van der Waals surface area contributed by atoms with E-state index < -0.39 is 10.0 Å². The van der Waals surface area contributed by atoms with Crippen molar-refractivity contribution in [2.75, 3.05) is 39.4 Å². The smallest absolute Gasteiger partial charge is 0.251 e. The Morgan fingerprint density at radius 3 is 2.54 bits per heavy atom. The van der Waals surface area contributed by atoms with Crippen LogP contribution in [0, 0.1) is 6.92 Å². The number of nitrogens with one attached hydrogen (secondary N) is 2. The molecule has 2 aliphatic rings. The van der Waals surface area contributed by atoms with Crippen molar-refractivity contribution >= 4 is 28.3 Å². The van der Waals surface area contributed by atoms with Gasteiger partial charge in [0.1, 0.15) is 0 Å². The quantitative estimate of drug-likeness (QED) is 0.780. The van der Waals surface area contributed by atoms with Crippen molar-refractivity contribution in [1.82, 2.24) is 14.9 Å². The van der Waals surface area contributed by atoms with Crippen molar-refractivity contribution in [3.8, 4) is 0 Å². The maximum Gasteiger partial charge on any atom is 0.251 e. The molecule has 2 aliphatic heterocycles. The van der Waals surface area contributed by atoms with Crippen LogP contribution in [0.3, 0.4) is 0 Å². The topological polar surface area (TPSA) is 87.7 Å². The van der Waals surface area contributed by atoms with Crippen molar-refractivity contribution in [2.24, 2.45) is 0 Å². The Hall–Kier alpha value is -1.19. The van der Waals surface area contributed by atoms with Crippen LogP contribution in [0.4, 0.5) is 0 Å². The highest BCUT2D eigenvalue weighted by atomic mass is 35.5. The summed E-state index contributed by atoms with van der Waals surface area (Å²) >= 11 is 0. The van der Waals surface area contributed by atoms with Gasteiger partial charge in [-0.15, -0.1) is 12.4 Å². The number of piperidine rings is 1. The van der Waals surface area contributed by atoms with Crippen molar-refractivity contribution in [3.05, 3.63) is 29.3 Å². The Bertz CT molecular complexity index is 730. The van der Waals surface area contributed by atoms with Crippen LogP contribution in [-0.4, -0.2) is 64.1 Å². The summed E-state index contributed by atoms with van der Waals surface area (Å²) in [6.45, 7) is 5.00. The summed E-state index contributed by atoms with van der Waals surface area (Å²) in [5, 5.41) is 6.26. The minimum atomic E-state index is -3.62. The van der Waals surface area contributed by atoms with E-state index >= 15 is 0 Å². The molecular weight excluding hydrogens is 378 g/mol. The Morgan fingerprint density at radius 1 is 1.23 bits per heavy atom. The normalized spacial score (nSPS) is 19.6. The highest BCUT2D eigenvalue weighted by molar-refractivity contribution is 7.89. The van der Waals surface area contributed by atoms with Crippen LogP contribution in [0.2, 0.25) is 0 Å². The number of carbonyl (C=O) groups is 1. The molecule has 0 atom stereocenters. The first-order chi connectivity index (χ1) is 12.0. The standard InChI is InChI=1S/C17H25N3O4S.ClH/c1-13-2-3-14(17(21)19-15-4-6-18-7-5-15)12-16(13)25(22,23)20-8-10-24-11-9-20;/h2-3,12,15,18H,4-11H2,1H3,(H,19,21);1H. The van der Waals surface area contributed by atoms with Gasteiger partial charge in [-0.2, -0.15) is 4.31 Å². The molecule has 1 amide bonds. The molecule has 0 aliphatic carbocycles. The molecule has 1 aromatic rings. The second-order valence-electron chi connectivity index (χ2n) is 6.49. The lowest BCUT2D eigenvalue weighted by atomic mass is 10.1. The second-order valence-corrected chi connectivity index (χ2v) is 8.40. The molecule has 2 fully saturated rings. The van der Waals surface area contributed by atoms with Gasteiger partial charge in [-0.05, 0) is 50.6 Å². The van der Waals surface area contributed by atoms with Crippen LogP contribution in [0.1, 0.15) is 28.8 Å². The number of nitrogens with zero attached hydrogens (tertiary/aromatic N) is 1. The average molecular weight is 404 g/mol. The molecule has 2 N–H and O–H groups in total. The van der Waals surface area contributed by atoms with Crippen LogP contribution in [0.25, 0.3) is 0 Å². The van der Waals surface area contributed by atoms with Gasteiger partial charge in [-0.25, -0.2) is 8.42 Å². The Morgan fingerprint density at radius 2 is 1.88 bits per heavy atom. The number of hydrogen-bond donors (Lipinski definition) is 2. The third-order valence-corrected chi connectivity index (χ3v) is 6.75. The maximum absolute atomic E-state index is 12.9. The number of rotatable bonds is 4. The number of hydrogen-bond acceptors (Lipinski definition) is 5. The molecule has 26 heavy (non-hydrogen) atoms. The molecule has 0 bridgehead atoms. The van der Waals surface area contributed by atoms with E-state index in [2.05, 4.69) is 10.6 Å². The molecule has 146 valence electrons. The number of sulfonamides is 1. The SMILES string of the molecule is Cc1ccc(C(=O)NC2CCNCC2)cc1S(=O)(=O)N1CCOCC1.Cl. The van der Waals surface area contributed by atoms with Gasteiger partial charge in [-0.3, -0.25) is 4.79 Å². The summed E-state index contributed by atoms with van der Waals surface area (Å²) < 4.78 is 32.5. The van der Waals surface area contributed by atoms with Crippen molar-refractivity contribution in [2.45, 2.75) is 30.7 Å². The first-order valence-corrected chi connectivity index (χ1v) is 10.1. The highest BCUT2D eigenvalue weighted by Gasteiger charge is 2.28. The van der Waals surface area contributed by atoms with E-state index in [0.29, 0.717) is 37.4 Å². The van der Waals surface area contributed by atoms with Gasteiger partial charge in [0, 0.05) is 24.7 Å². The summed E-state index contributed by atoms with van der Waals surface area (Å²) in [4.78, 5) is 12.7. The lowest BCUT2D eigenvalue weighted by molar-refractivity contribution is 0.0730. The van der Waals surface area contributed by atoms with Crippen LogP contribution in [-0.2, 0) is 14.8 Å². The number of amides is 1. The van der Waals surface area contributed by atoms with Gasteiger partial charge in [-0.1, -0.05) is 6.07 Å². The predicted molar refractivity (Wildman–Crippen MR) is 101 cm³/mol. The number of morpholine rings is 1. The summed E-state index contributed by atoms with van der Waals surface area (Å²) in [5.41, 5.74) is 1.03. The third-order valence-electron chi connectivity index (χ3n) is 4.71. The Kier molecular flexibility index (Phi) is 7.42. The lowest BCUT2D eigenvalue weighted by Crippen LogP contribution is -2.43. The number of aryl methyl sites for hydroxylation is 1. The second kappa shape index (κ2) is 9.14. The molecule has 0 aromatic heterocycles. The molecule has 2 heterocycles. The summed E-state index contributed by atoms with van der Waals surface area (Å²) in [5.74, 6) is -0.217. The molecule has 0 radical (unpaired) electrons. The van der Waals surface area contributed by atoms with Gasteiger partial charge in [0.05, 0.1) is 18.1 Å². The van der Waals surface area contributed by atoms with Crippen molar-refractivity contribution < 1.29 is 17.9 Å². The molecule has 0 saturated carbocycles. The number of ether oxygens (including phenoxy) is 1. The van der Waals surface area contributed by atoms with Crippen molar-refractivity contribution in [1.29, 1.82) is 0 Å². The Balaban J connectivity index is 0.00000243. The van der Waals surface area contributed by atoms with E-state index in [1.165, 1.54) is 10.4 Å². The minimum absolute atomic E-state index is 0. The number of benzene rings is 1. The fourth-order valence-corrected chi connectivity index (χ4v) is 4.84. The van der Waals surface area contributed by atoms with Crippen LogP contribution in [0.15, 0.2) is 23.1 Å². The van der Waals surface area contributed by atoms with Gasteiger partial charge in [0.25, 0.3) is 5.91 Å². The average Bonchev–Trinajstić information content (AvgIpc) is 2.63. The molecular formula is C17H26ClN3O4S. The van der Waals surface area contributed by atoms with E-state index in [0.717, 1.165) is 25.9 Å². The molecule has 7 nitrogen and oxygen atoms in total. The van der Waals surface area contributed by atoms with Gasteiger partial charge in [0.15, 0.2) is 0 Å². The van der Waals surface area contributed by atoms with Crippen LogP contribution < -0.4 is 10.6 Å². The van der Waals surface area contributed by atoms with Crippen LogP contribution in [0.5, 0.6) is 0 Å². The Labute approximate surface area is 160 Å². The zero-order valence-corrected chi connectivity index (χ0v) is 16.5. The molecule has 2 saturated heterocycles. The third kappa shape index (κ3) is 4.75. The minimum Gasteiger partial charge on any atom is -0.379 e. The van der Waals surface area contributed by atoms with E-state index in [4.69, 9.17) is 4.74 Å². The zero-order valence-electron chi connectivity index (χ0n) is 14.9. The van der Waals surface area contributed by atoms with Gasteiger partial charge in [0.2, 0.25) is 10.0 Å². The molecule has 9 heteroatoms. The summed E-state index contributed by atoms with van der Waals surface area (Å²) in [6, 6.07) is 5.01. The number of halogens is 1. The molecule has 0 unspecified atom stereocenters. The summed E-state index contributed by atoms with van der Waals surface area (Å²) in [7, 11) is -3.62. The van der Waals surface area contributed by atoms with Gasteiger partial charge >= 0.3 is 0 Å². The maximum atomic E-state index is 12.9.